The lowest BCUT2D eigenvalue weighted by molar-refractivity contribution is -0.870. The van der Waals surface area contributed by atoms with Gasteiger partial charge in [0.05, 0.1) is 40.3 Å². The van der Waals surface area contributed by atoms with E-state index in [4.69, 9.17) is 18.9 Å². The summed E-state index contributed by atoms with van der Waals surface area (Å²) in [5.74, 6) is -2.24. The lowest BCUT2D eigenvalue weighted by atomic mass is 10.0. The van der Waals surface area contributed by atoms with E-state index >= 15 is 0 Å². The van der Waals surface area contributed by atoms with Gasteiger partial charge in [0.15, 0.2) is 12.4 Å². The summed E-state index contributed by atoms with van der Waals surface area (Å²) in [6.45, 7) is 4.73. The number of unbranched alkanes of at least 4 members (excludes halogenated alkanes) is 64. The van der Waals surface area contributed by atoms with Gasteiger partial charge in [-0.25, -0.2) is 0 Å². The van der Waals surface area contributed by atoms with Crippen LogP contribution in [0, 0.1) is 0 Å². The van der Waals surface area contributed by atoms with Crippen LogP contribution in [0.2, 0.25) is 0 Å². The van der Waals surface area contributed by atoms with Crippen molar-refractivity contribution in [1.29, 1.82) is 0 Å². The lowest BCUT2D eigenvalue weighted by Crippen LogP contribution is -2.44. The second-order valence-electron chi connectivity index (χ2n) is 32.6. The number of carboxylic acid groups (broad SMARTS) is 1. The Kier molecular flexibility index (Phi) is 82.6. The molecule has 2 atom stereocenters. The summed E-state index contributed by atoms with van der Waals surface area (Å²) in [6.07, 6.45) is 110. The molecule has 9 nitrogen and oxygen atoms in total. The molecule has 0 aliphatic rings. The molecule has 0 amide bonds. The number of carboxylic acids is 1. The lowest BCUT2D eigenvalue weighted by Gasteiger charge is -2.26. The maximum atomic E-state index is 13.0. The van der Waals surface area contributed by atoms with E-state index in [1.165, 1.54) is 385 Å². The molecule has 9 heteroatoms. The van der Waals surface area contributed by atoms with E-state index in [1.807, 2.05) is 21.1 Å². The van der Waals surface area contributed by atoms with Crippen LogP contribution in [0.25, 0.3) is 0 Å². The molecule has 0 bridgehead atoms. The smallest absolute Gasteiger partial charge is 0.306 e. The highest BCUT2D eigenvalue weighted by atomic mass is 16.7. The number of hydrogen-bond acceptors (Lipinski definition) is 8. The first-order chi connectivity index (χ1) is 50.6. The van der Waals surface area contributed by atoms with Crippen molar-refractivity contribution in [3.63, 3.8) is 0 Å². The van der Waals surface area contributed by atoms with Crippen molar-refractivity contribution in [3.8, 4) is 0 Å². The van der Waals surface area contributed by atoms with Crippen molar-refractivity contribution in [1.82, 2.24) is 0 Å². The van der Waals surface area contributed by atoms with Gasteiger partial charge in [-0.2, -0.15) is 0 Å². The number of quaternary nitrogens is 1. The fourth-order valence-electron chi connectivity index (χ4n) is 14.2. The summed E-state index contributed by atoms with van der Waals surface area (Å²) in [5, 5.41) is 11.9. The summed E-state index contributed by atoms with van der Waals surface area (Å²) >= 11 is 0. The van der Waals surface area contributed by atoms with Gasteiger partial charge in [-0.3, -0.25) is 9.59 Å². The van der Waals surface area contributed by atoms with Crippen molar-refractivity contribution in [2.24, 2.45) is 0 Å². The number of hydrogen-bond donors (Lipinski definition) is 0. The zero-order chi connectivity index (χ0) is 74.6. The fraction of sp³-hybridized carbons (Fsp3) is 0.883. The van der Waals surface area contributed by atoms with E-state index in [-0.39, 0.29) is 32.2 Å². The van der Waals surface area contributed by atoms with Crippen LogP contribution in [-0.4, -0.2) is 82.3 Å². The highest BCUT2D eigenvalue weighted by molar-refractivity contribution is 5.70. The van der Waals surface area contributed by atoms with Gasteiger partial charge >= 0.3 is 11.9 Å². The van der Waals surface area contributed by atoms with Gasteiger partial charge in [-0.1, -0.05) is 461 Å². The molecule has 0 rings (SSSR count). The Morgan fingerprint density at radius 3 is 0.825 bits per heavy atom. The Morgan fingerprint density at radius 2 is 0.553 bits per heavy atom. The number of carbonyl (C=O) groups is 3. The van der Waals surface area contributed by atoms with Crippen molar-refractivity contribution in [3.05, 3.63) is 48.6 Å². The zero-order valence-corrected chi connectivity index (χ0v) is 69.7. The average Bonchev–Trinajstić information content (AvgIpc) is 0.985. The molecule has 0 aromatic carbocycles. The third-order valence-electron chi connectivity index (χ3n) is 21.1. The molecule has 0 saturated heterocycles. The molecule has 0 heterocycles. The summed E-state index contributed by atoms with van der Waals surface area (Å²) < 4.78 is 22.9. The number of carbonyl (C=O) groups excluding carboxylic acids is 3. The van der Waals surface area contributed by atoms with Crippen LogP contribution < -0.4 is 5.11 Å². The number of aliphatic carboxylic acids is 1. The van der Waals surface area contributed by atoms with Crippen molar-refractivity contribution in [2.75, 3.05) is 47.5 Å². The van der Waals surface area contributed by atoms with Gasteiger partial charge < -0.3 is 33.3 Å². The molecule has 2 unspecified atom stereocenters. The van der Waals surface area contributed by atoms with E-state index < -0.39 is 24.3 Å². The first-order valence-electron chi connectivity index (χ1n) is 45.8. The van der Waals surface area contributed by atoms with Gasteiger partial charge in [-0.15, -0.1) is 0 Å². The van der Waals surface area contributed by atoms with Crippen LogP contribution in [0.5, 0.6) is 0 Å². The second kappa shape index (κ2) is 84.9. The highest BCUT2D eigenvalue weighted by Gasteiger charge is 2.22. The van der Waals surface area contributed by atoms with Gasteiger partial charge in [0, 0.05) is 12.8 Å². The number of nitrogens with zero attached hydrogens (tertiary/aromatic N) is 1. The molecule has 0 spiro atoms. The van der Waals surface area contributed by atoms with E-state index in [1.54, 1.807) is 0 Å². The van der Waals surface area contributed by atoms with Crippen LogP contribution in [0.4, 0.5) is 0 Å². The first kappa shape index (κ1) is 100. The maximum absolute atomic E-state index is 13.0. The van der Waals surface area contributed by atoms with Gasteiger partial charge in [-0.05, 0) is 51.4 Å². The number of esters is 2. The molecule has 0 aromatic rings. The van der Waals surface area contributed by atoms with Crippen molar-refractivity contribution < 1.29 is 42.9 Å². The summed E-state index contributed by atoms with van der Waals surface area (Å²) in [5.41, 5.74) is 0. The predicted molar refractivity (Wildman–Crippen MR) is 445 cm³/mol. The second-order valence-corrected chi connectivity index (χ2v) is 32.6. The predicted octanol–water partition coefficient (Wildman–Crippen LogP) is 28.6. The van der Waals surface area contributed by atoms with E-state index in [0.29, 0.717) is 17.4 Å². The maximum Gasteiger partial charge on any atom is 0.306 e. The Labute approximate surface area is 642 Å². The molecular weight excluding hydrogens is 1270 g/mol. The van der Waals surface area contributed by atoms with Crippen molar-refractivity contribution >= 4 is 17.9 Å². The van der Waals surface area contributed by atoms with Crippen LogP contribution in [0.1, 0.15) is 476 Å². The van der Waals surface area contributed by atoms with Crippen LogP contribution in [0.15, 0.2) is 48.6 Å². The molecule has 0 aliphatic heterocycles. The summed E-state index contributed by atoms with van der Waals surface area (Å²) in [7, 11) is 5.96. The SMILES string of the molecule is CC/C=C\C/C=C\C/C=C\C/C=C\CCCCCCCCCCCCCCCCCCCCCCCCCCCCC(=O)OC(COC(=O)CCCCCCCCCCCCCCCCCCCCCCCCCCCCCCCCCCCCCCCCC)COC(OCC[N+](C)(C)C)C(=O)[O-]. The molecule has 0 saturated carbocycles. The molecule has 0 radical (unpaired) electrons. The van der Waals surface area contributed by atoms with E-state index in [2.05, 4.69) is 62.5 Å². The van der Waals surface area contributed by atoms with Gasteiger partial charge in [0.1, 0.15) is 13.2 Å². The highest BCUT2D eigenvalue weighted by Crippen LogP contribution is 2.21. The minimum Gasteiger partial charge on any atom is -0.545 e. The van der Waals surface area contributed by atoms with Crippen LogP contribution >= 0.6 is 0 Å². The molecular formula is C94H177NO8. The topological polar surface area (TPSA) is 111 Å². The summed E-state index contributed by atoms with van der Waals surface area (Å²) in [6, 6.07) is 0. The summed E-state index contributed by atoms with van der Waals surface area (Å²) in [4.78, 5) is 37.7. The Morgan fingerprint density at radius 1 is 0.301 bits per heavy atom. The van der Waals surface area contributed by atoms with Crippen LogP contribution in [-0.2, 0) is 33.3 Å². The third kappa shape index (κ3) is 86.4. The molecule has 0 aromatic heterocycles. The molecule has 0 aliphatic carbocycles. The monoisotopic (exact) mass is 1450 g/mol. The third-order valence-corrected chi connectivity index (χ3v) is 21.1. The normalized spacial score (nSPS) is 12.7. The Hall–Kier alpha value is -2.75. The largest absolute Gasteiger partial charge is 0.545 e. The molecule has 0 fully saturated rings. The standard InChI is InChI=1S/C94H177NO8/c1-6-8-10-12-14-16-18-20-22-24-26-28-30-32-34-36-38-40-42-44-46-48-50-52-54-56-58-60-62-64-66-68-70-72-74-76-78-80-82-84-91(96)101-88-90(89-102-94(93(98)99)100-87-86-95(3,4)5)103-92(97)85-83-81-79-77-75-73-71-69-67-65-63-61-59-57-55-53-51-49-47-45-43-41-39-37-35-33-31-29-27-25-23-21-19-17-15-13-11-9-7-2/h9,11,15,17,21,23,27,29,90,94H,6-8,10,12-14,16,18-20,22,24-26,28,30-89H2,1-5H3/b11-9-,17-15-,23-21-,29-27-. The molecule has 0 N–H and O–H groups in total. The fourth-order valence-corrected chi connectivity index (χ4v) is 14.2. The Balaban J connectivity index is 3.87. The first-order valence-corrected chi connectivity index (χ1v) is 45.8. The number of rotatable bonds is 87. The number of likely N-dealkylation sites (N-methyl/N-ethyl adjacent to an activating group) is 1. The van der Waals surface area contributed by atoms with Gasteiger partial charge in [0.2, 0.25) is 0 Å². The van der Waals surface area contributed by atoms with Crippen molar-refractivity contribution in [2.45, 2.75) is 489 Å². The van der Waals surface area contributed by atoms with Crippen LogP contribution in [0.3, 0.4) is 0 Å². The van der Waals surface area contributed by atoms with Gasteiger partial charge in [0.25, 0.3) is 0 Å². The minimum atomic E-state index is -1.62. The molecule has 606 valence electrons. The Bertz CT molecular complexity index is 1840. The average molecular weight is 1450 g/mol. The quantitative estimate of drug-likeness (QED) is 0.0195. The minimum absolute atomic E-state index is 0.152. The van der Waals surface area contributed by atoms with E-state index in [9.17, 15) is 19.5 Å². The number of ether oxygens (including phenoxy) is 4. The number of allylic oxidation sites excluding steroid dienone is 8. The molecule has 103 heavy (non-hydrogen) atoms. The van der Waals surface area contributed by atoms with E-state index in [0.717, 1.165) is 64.2 Å². The zero-order valence-electron chi connectivity index (χ0n) is 69.7.